The maximum Gasteiger partial charge on any atom is 0.109 e. The third-order valence-corrected chi connectivity index (χ3v) is 2.44. The highest BCUT2D eigenvalue weighted by Crippen LogP contribution is 2.13. The van der Waals surface area contributed by atoms with Gasteiger partial charge in [0.15, 0.2) is 0 Å². The second-order valence-corrected chi connectivity index (χ2v) is 3.05. The number of hydrogen-bond acceptors (Lipinski definition) is 3. The van der Waals surface area contributed by atoms with Gasteiger partial charge in [0.1, 0.15) is 6.23 Å². The van der Waals surface area contributed by atoms with Crippen LogP contribution in [0.1, 0.15) is 13.3 Å². The van der Waals surface area contributed by atoms with Crippen LogP contribution in [0.2, 0.25) is 0 Å². The van der Waals surface area contributed by atoms with Gasteiger partial charge >= 0.3 is 0 Å². The Balaban J connectivity index is 2.52. The molecule has 2 atom stereocenters. The van der Waals surface area contributed by atoms with E-state index in [9.17, 15) is 5.11 Å². The third kappa shape index (κ3) is 1.31. The number of aliphatic hydroxyl groups is 1. The van der Waals surface area contributed by atoms with Gasteiger partial charge in [-0.1, -0.05) is 0 Å². The highest BCUT2D eigenvalue weighted by molar-refractivity contribution is 4.72. The summed E-state index contributed by atoms with van der Waals surface area (Å²) in [6.07, 6.45) is 0.979. The van der Waals surface area contributed by atoms with Crippen LogP contribution < -0.4 is 0 Å². The van der Waals surface area contributed by atoms with Crippen LogP contribution in [0, 0.1) is 0 Å². The second-order valence-electron chi connectivity index (χ2n) is 3.05. The van der Waals surface area contributed by atoms with Crippen LogP contribution >= 0.6 is 0 Å². The molecule has 0 bridgehead atoms. The summed E-state index contributed by atoms with van der Waals surface area (Å²) < 4.78 is 0. The molecule has 2 unspecified atom stereocenters. The van der Waals surface area contributed by atoms with Crippen LogP contribution in [0.15, 0.2) is 0 Å². The summed E-state index contributed by atoms with van der Waals surface area (Å²) in [5.74, 6) is 0. The van der Waals surface area contributed by atoms with Crippen LogP contribution in [0.5, 0.6) is 0 Å². The Bertz CT molecular complexity index is 104. The second kappa shape index (κ2) is 2.86. The summed E-state index contributed by atoms with van der Waals surface area (Å²) in [5, 5.41) is 9.37. The molecule has 1 aliphatic heterocycles. The zero-order valence-corrected chi connectivity index (χ0v) is 6.91. The molecule has 1 N–H and O–H groups in total. The fraction of sp³-hybridized carbons (Fsp3) is 1.00. The summed E-state index contributed by atoms with van der Waals surface area (Å²) >= 11 is 0. The summed E-state index contributed by atoms with van der Waals surface area (Å²) in [6, 6.07) is 0. The highest BCUT2D eigenvalue weighted by atomic mass is 16.3. The molecule has 3 nitrogen and oxygen atoms in total. The van der Waals surface area contributed by atoms with Crippen molar-refractivity contribution in [3.63, 3.8) is 0 Å². The molecule has 1 saturated heterocycles. The maximum atomic E-state index is 9.37. The lowest BCUT2D eigenvalue weighted by Gasteiger charge is -2.41. The molecular weight excluding hydrogens is 128 g/mol. The van der Waals surface area contributed by atoms with Crippen molar-refractivity contribution in [3.05, 3.63) is 0 Å². The van der Waals surface area contributed by atoms with Crippen molar-refractivity contribution in [2.45, 2.75) is 25.7 Å². The van der Waals surface area contributed by atoms with Gasteiger partial charge in [-0.3, -0.25) is 9.80 Å². The van der Waals surface area contributed by atoms with Crippen molar-refractivity contribution in [2.75, 3.05) is 20.6 Å². The average molecular weight is 144 g/mol. The number of rotatable bonds is 0. The minimum Gasteiger partial charge on any atom is -0.378 e. The van der Waals surface area contributed by atoms with Gasteiger partial charge < -0.3 is 5.11 Å². The zero-order valence-electron chi connectivity index (χ0n) is 6.91. The Labute approximate surface area is 62.2 Å². The van der Waals surface area contributed by atoms with Gasteiger partial charge in [-0.05, 0) is 27.4 Å². The Hall–Kier alpha value is -0.120. The molecule has 10 heavy (non-hydrogen) atoms. The van der Waals surface area contributed by atoms with E-state index < -0.39 is 0 Å². The summed E-state index contributed by atoms with van der Waals surface area (Å²) in [4.78, 5) is 4.20. The predicted molar refractivity (Wildman–Crippen MR) is 40.5 cm³/mol. The van der Waals surface area contributed by atoms with E-state index in [1.807, 2.05) is 11.9 Å². The topological polar surface area (TPSA) is 26.7 Å². The number of nitrogens with zero attached hydrogens (tertiary/aromatic N) is 2. The first-order valence-corrected chi connectivity index (χ1v) is 3.73. The van der Waals surface area contributed by atoms with E-state index in [0.29, 0.717) is 6.17 Å². The van der Waals surface area contributed by atoms with Gasteiger partial charge in [0, 0.05) is 6.54 Å². The van der Waals surface area contributed by atoms with Gasteiger partial charge in [-0.15, -0.1) is 0 Å². The molecule has 0 spiro atoms. The van der Waals surface area contributed by atoms with Crippen molar-refractivity contribution in [2.24, 2.45) is 0 Å². The first-order valence-electron chi connectivity index (χ1n) is 3.73. The van der Waals surface area contributed by atoms with Crippen molar-refractivity contribution < 1.29 is 5.11 Å². The molecule has 0 aromatic carbocycles. The summed E-state index contributed by atoms with van der Waals surface area (Å²) in [5.41, 5.74) is 0. The third-order valence-electron chi connectivity index (χ3n) is 2.44. The van der Waals surface area contributed by atoms with E-state index in [1.165, 1.54) is 0 Å². The minimum atomic E-state index is -0.244. The molecule has 1 aliphatic rings. The molecule has 0 amide bonds. The van der Waals surface area contributed by atoms with E-state index in [2.05, 4.69) is 18.9 Å². The molecule has 60 valence electrons. The Morgan fingerprint density at radius 2 is 2.00 bits per heavy atom. The molecule has 0 aromatic heterocycles. The smallest absolute Gasteiger partial charge is 0.109 e. The number of hydrogen-bond donors (Lipinski definition) is 1. The van der Waals surface area contributed by atoms with Crippen molar-refractivity contribution in [1.82, 2.24) is 9.80 Å². The maximum absolute atomic E-state index is 9.37. The van der Waals surface area contributed by atoms with Crippen LogP contribution in [-0.4, -0.2) is 47.9 Å². The normalized spacial score (nSPS) is 38.4. The number of aliphatic hydroxyl groups excluding tert-OH is 1. The van der Waals surface area contributed by atoms with E-state index in [-0.39, 0.29) is 6.23 Å². The quantitative estimate of drug-likeness (QED) is 0.515. The summed E-state index contributed by atoms with van der Waals surface area (Å²) in [7, 11) is 4.03. The lowest BCUT2D eigenvalue weighted by atomic mass is 10.2. The molecular formula is C7H16N2O. The van der Waals surface area contributed by atoms with Crippen molar-refractivity contribution >= 4 is 0 Å². The lowest BCUT2D eigenvalue weighted by molar-refractivity contribution is -0.0883. The van der Waals surface area contributed by atoms with Crippen molar-refractivity contribution in [3.8, 4) is 0 Å². The predicted octanol–water partition coefficient (Wildman–Crippen LogP) is -0.0819. The fourth-order valence-corrected chi connectivity index (χ4v) is 1.27. The van der Waals surface area contributed by atoms with Gasteiger partial charge in [0.2, 0.25) is 0 Å². The standard InChI is InChI=1S/C7H16N2O/c1-6-8(2)5-4-7(10)9(6)3/h6-7,10H,4-5H2,1-3H3. The first kappa shape index (κ1) is 7.98. The largest absolute Gasteiger partial charge is 0.378 e. The van der Waals surface area contributed by atoms with Crippen LogP contribution in [-0.2, 0) is 0 Å². The lowest BCUT2D eigenvalue weighted by Crippen LogP contribution is -2.53. The first-order chi connectivity index (χ1) is 4.63. The average Bonchev–Trinajstić information content (AvgIpc) is 1.93. The van der Waals surface area contributed by atoms with E-state index >= 15 is 0 Å². The molecule has 0 aliphatic carbocycles. The van der Waals surface area contributed by atoms with E-state index in [4.69, 9.17) is 0 Å². The van der Waals surface area contributed by atoms with Gasteiger partial charge in [0.05, 0.1) is 6.17 Å². The van der Waals surface area contributed by atoms with E-state index in [1.54, 1.807) is 0 Å². The molecule has 1 rings (SSSR count). The SMILES string of the molecule is CC1N(C)CCC(O)N1C. The summed E-state index contributed by atoms with van der Waals surface area (Å²) in [6.45, 7) is 3.09. The molecule has 3 heteroatoms. The molecule has 0 aromatic rings. The zero-order chi connectivity index (χ0) is 7.72. The monoisotopic (exact) mass is 144 g/mol. The van der Waals surface area contributed by atoms with Crippen molar-refractivity contribution in [1.29, 1.82) is 0 Å². The highest BCUT2D eigenvalue weighted by Gasteiger charge is 2.25. The minimum absolute atomic E-state index is 0.244. The van der Waals surface area contributed by atoms with Gasteiger partial charge in [0.25, 0.3) is 0 Å². The van der Waals surface area contributed by atoms with E-state index in [0.717, 1.165) is 13.0 Å². The Morgan fingerprint density at radius 3 is 2.50 bits per heavy atom. The molecule has 1 heterocycles. The van der Waals surface area contributed by atoms with Gasteiger partial charge in [-0.25, -0.2) is 0 Å². The molecule has 0 radical (unpaired) electrons. The van der Waals surface area contributed by atoms with Crippen LogP contribution in [0.25, 0.3) is 0 Å². The van der Waals surface area contributed by atoms with Gasteiger partial charge in [-0.2, -0.15) is 0 Å². The molecule has 1 fully saturated rings. The van der Waals surface area contributed by atoms with Crippen LogP contribution in [0.3, 0.4) is 0 Å². The Morgan fingerprint density at radius 1 is 1.40 bits per heavy atom. The Kier molecular flexibility index (Phi) is 2.28. The molecule has 0 saturated carbocycles. The van der Waals surface area contributed by atoms with Crippen LogP contribution in [0.4, 0.5) is 0 Å². The fourth-order valence-electron chi connectivity index (χ4n) is 1.27.